The molecule has 1 aromatic rings. The van der Waals surface area contributed by atoms with Crippen molar-refractivity contribution in [2.45, 2.75) is 26.2 Å². The second-order valence-electron chi connectivity index (χ2n) is 4.18. The molecule has 1 rings (SSSR count). The summed E-state index contributed by atoms with van der Waals surface area (Å²) in [5, 5.41) is 2.88. The first kappa shape index (κ1) is 14.5. The minimum Gasteiger partial charge on any atom is -0.496 e. The highest BCUT2D eigenvalue weighted by molar-refractivity contribution is 5.90. The maximum absolute atomic E-state index is 11.7. The van der Waals surface area contributed by atoms with Gasteiger partial charge in [0.15, 0.2) is 0 Å². The van der Waals surface area contributed by atoms with Gasteiger partial charge < -0.3 is 14.8 Å². The summed E-state index contributed by atoms with van der Waals surface area (Å²) >= 11 is 0. The zero-order chi connectivity index (χ0) is 13.4. The Hall–Kier alpha value is -1.55. The standard InChI is InChI=1S/C14H21NO3/c1-11-10-12(7-8-13(11)18-3)15-14(16)6-4-5-9-17-2/h7-8,10H,4-6,9H2,1-3H3,(H,15,16). The van der Waals surface area contributed by atoms with Crippen LogP contribution in [0.3, 0.4) is 0 Å². The van der Waals surface area contributed by atoms with Crippen LogP contribution in [-0.4, -0.2) is 26.7 Å². The Bertz CT molecular complexity index is 391. The molecule has 0 radical (unpaired) electrons. The topological polar surface area (TPSA) is 47.6 Å². The van der Waals surface area contributed by atoms with Gasteiger partial charge in [0.05, 0.1) is 7.11 Å². The van der Waals surface area contributed by atoms with Crippen molar-refractivity contribution in [3.05, 3.63) is 23.8 Å². The number of nitrogens with one attached hydrogen (secondary N) is 1. The number of benzene rings is 1. The molecule has 4 nitrogen and oxygen atoms in total. The minimum atomic E-state index is 0.0377. The Kier molecular flexibility index (Phi) is 6.22. The number of hydrogen-bond donors (Lipinski definition) is 1. The highest BCUT2D eigenvalue weighted by Gasteiger charge is 2.04. The first-order chi connectivity index (χ1) is 8.67. The van der Waals surface area contributed by atoms with Gasteiger partial charge in [0.1, 0.15) is 5.75 Å². The van der Waals surface area contributed by atoms with E-state index in [2.05, 4.69) is 5.32 Å². The van der Waals surface area contributed by atoms with Crippen molar-refractivity contribution in [1.29, 1.82) is 0 Å². The van der Waals surface area contributed by atoms with Crippen molar-refractivity contribution >= 4 is 11.6 Å². The number of ether oxygens (including phenoxy) is 2. The fourth-order valence-electron chi connectivity index (χ4n) is 1.71. The zero-order valence-electron chi connectivity index (χ0n) is 11.3. The van der Waals surface area contributed by atoms with Crippen LogP contribution in [0.25, 0.3) is 0 Å². The number of methoxy groups -OCH3 is 2. The molecule has 100 valence electrons. The number of aryl methyl sites for hydroxylation is 1. The van der Waals surface area contributed by atoms with Gasteiger partial charge in [-0.15, -0.1) is 0 Å². The average Bonchev–Trinajstić information content (AvgIpc) is 2.35. The second-order valence-corrected chi connectivity index (χ2v) is 4.18. The summed E-state index contributed by atoms with van der Waals surface area (Å²) in [5.74, 6) is 0.865. The van der Waals surface area contributed by atoms with E-state index in [1.807, 2.05) is 25.1 Å². The third-order valence-electron chi connectivity index (χ3n) is 2.68. The fraction of sp³-hybridized carbons (Fsp3) is 0.500. The molecule has 1 N–H and O–H groups in total. The number of carbonyl (C=O) groups excluding carboxylic acids is 1. The average molecular weight is 251 g/mol. The number of anilines is 1. The predicted octanol–water partition coefficient (Wildman–Crippen LogP) is 2.76. The minimum absolute atomic E-state index is 0.0377. The van der Waals surface area contributed by atoms with E-state index in [9.17, 15) is 4.79 Å². The van der Waals surface area contributed by atoms with Crippen LogP contribution >= 0.6 is 0 Å². The van der Waals surface area contributed by atoms with Crippen LogP contribution in [0.2, 0.25) is 0 Å². The van der Waals surface area contributed by atoms with Gasteiger partial charge in [0.25, 0.3) is 0 Å². The molecular formula is C14H21NO3. The van der Waals surface area contributed by atoms with Gasteiger partial charge >= 0.3 is 0 Å². The van der Waals surface area contributed by atoms with Crippen LogP contribution < -0.4 is 10.1 Å². The normalized spacial score (nSPS) is 10.2. The van der Waals surface area contributed by atoms with Crippen molar-refractivity contribution in [2.24, 2.45) is 0 Å². The molecule has 0 spiro atoms. The molecule has 1 aromatic carbocycles. The van der Waals surface area contributed by atoms with Crippen LogP contribution in [0.1, 0.15) is 24.8 Å². The maximum atomic E-state index is 11.7. The molecule has 0 fully saturated rings. The fourth-order valence-corrected chi connectivity index (χ4v) is 1.71. The summed E-state index contributed by atoms with van der Waals surface area (Å²) in [5.41, 5.74) is 1.82. The molecule has 0 unspecified atom stereocenters. The van der Waals surface area contributed by atoms with E-state index in [0.717, 1.165) is 29.8 Å². The lowest BCUT2D eigenvalue weighted by Crippen LogP contribution is -2.11. The molecule has 0 aliphatic rings. The summed E-state index contributed by atoms with van der Waals surface area (Å²) in [7, 11) is 3.30. The lowest BCUT2D eigenvalue weighted by Gasteiger charge is -2.09. The van der Waals surface area contributed by atoms with Crippen molar-refractivity contribution in [1.82, 2.24) is 0 Å². The number of hydrogen-bond acceptors (Lipinski definition) is 3. The Morgan fingerprint density at radius 3 is 2.67 bits per heavy atom. The van der Waals surface area contributed by atoms with Gasteiger partial charge in [-0.3, -0.25) is 4.79 Å². The lowest BCUT2D eigenvalue weighted by molar-refractivity contribution is -0.116. The van der Waals surface area contributed by atoms with Crippen LogP contribution in [0.5, 0.6) is 5.75 Å². The third-order valence-corrected chi connectivity index (χ3v) is 2.68. The van der Waals surface area contributed by atoms with Crippen molar-refractivity contribution in [2.75, 3.05) is 26.1 Å². The van der Waals surface area contributed by atoms with Gasteiger partial charge in [-0.05, 0) is 43.5 Å². The summed E-state index contributed by atoms with van der Waals surface area (Å²) in [6.45, 7) is 2.65. The maximum Gasteiger partial charge on any atom is 0.224 e. The first-order valence-electron chi connectivity index (χ1n) is 6.11. The van der Waals surface area contributed by atoms with Gasteiger partial charge in [0, 0.05) is 25.8 Å². The van der Waals surface area contributed by atoms with E-state index >= 15 is 0 Å². The largest absolute Gasteiger partial charge is 0.496 e. The summed E-state index contributed by atoms with van der Waals surface area (Å²) in [4.78, 5) is 11.7. The predicted molar refractivity (Wildman–Crippen MR) is 72.1 cm³/mol. The molecule has 0 aliphatic heterocycles. The summed E-state index contributed by atoms with van der Waals surface area (Å²) in [6, 6.07) is 5.61. The van der Waals surface area contributed by atoms with E-state index in [0.29, 0.717) is 13.0 Å². The number of amides is 1. The summed E-state index contributed by atoms with van der Waals surface area (Å²) in [6.07, 6.45) is 2.27. The highest BCUT2D eigenvalue weighted by Crippen LogP contribution is 2.21. The Morgan fingerprint density at radius 1 is 1.28 bits per heavy atom. The number of rotatable bonds is 7. The van der Waals surface area contributed by atoms with E-state index < -0.39 is 0 Å². The molecule has 4 heteroatoms. The number of unbranched alkanes of at least 4 members (excludes halogenated alkanes) is 1. The molecule has 0 atom stereocenters. The Balaban J connectivity index is 2.42. The van der Waals surface area contributed by atoms with Crippen molar-refractivity contribution in [3.63, 3.8) is 0 Å². The lowest BCUT2D eigenvalue weighted by atomic mass is 10.2. The van der Waals surface area contributed by atoms with E-state index in [1.165, 1.54) is 0 Å². The van der Waals surface area contributed by atoms with Gasteiger partial charge in [0.2, 0.25) is 5.91 Å². The molecule has 0 heterocycles. The van der Waals surface area contributed by atoms with E-state index in [4.69, 9.17) is 9.47 Å². The summed E-state index contributed by atoms with van der Waals surface area (Å²) < 4.78 is 10.1. The second kappa shape index (κ2) is 7.71. The van der Waals surface area contributed by atoms with Gasteiger partial charge in [-0.2, -0.15) is 0 Å². The van der Waals surface area contributed by atoms with Crippen LogP contribution in [0, 0.1) is 6.92 Å². The van der Waals surface area contributed by atoms with Gasteiger partial charge in [-0.1, -0.05) is 0 Å². The molecular weight excluding hydrogens is 230 g/mol. The van der Waals surface area contributed by atoms with Gasteiger partial charge in [-0.25, -0.2) is 0 Å². The zero-order valence-corrected chi connectivity index (χ0v) is 11.3. The van der Waals surface area contributed by atoms with Crippen LogP contribution in [0.4, 0.5) is 5.69 Å². The van der Waals surface area contributed by atoms with E-state index in [1.54, 1.807) is 14.2 Å². The number of carbonyl (C=O) groups is 1. The first-order valence-corrected chi connectivity index (χ1v) is 6.11. The highest BCUT2D eigenvalue weighted by atomic mass is 16.5. The molecule has 0 saturated carbocycles. The Labute approximate surface area is 108 Å². The molecule has 0 aromatic heterocycles. The molecule has 0 aliphatic carbocycles. The van der Waals surface area contributed by atoms with Crippen LogP contribution in [-0.2, 0) is 9.53 Å². The smallest absolute Gasteiger partial charge is 0.224 e. The molecule has 0 saturated heterocycles. The third kappa shape index (κ3) is 4.75. The molecule has 1 amide bonds. The van der Waals surface area contributed by atoms with Crippen molar-refractivity contribution < 1.29 is 14.3 Å². The SMILES string of the molecule is COCCCCC(=O)Nc1ccc(OC)c(C)c1. The Morgan fingerprint density at radius 2 is 2.06 bits per heavy atom. The quantitative estimate of drug-likeness (QED) is 0.758. The van der Waals surface area contributed by atoms with Crippen molar-refractivity contribution in [3.8, 4) is 5.75 Å². The molecule has 18 heavy (non-hydrogen) atoms. The van der Waals surface area contributed by atoms with Crippen LogP contribution in [0.15, 0.2) is 18.2 Å². The monoisotopic (exact) mass is 251 g/mol. The molecule has 0 bridgehead atoms. The van der Waals surface area contributed by atoms with E-state index in [-0.39, 0.29) is 5.91 Å².